The van der Waals surface area contributed by atoms with Crippen molar-refractivity contribution in [3.8, 4) is 0 Å². The van der Waals surface area contributed by atoms with Gasteiger partial charge in [0.1, 0.15) is 0 Å². The molecule has 1 heterocycles. The summed E-state index contributed by atoms with van der Waals surface area (Å²) in [5, 5.41) is 11.2. The maximum atomic E-state index is 11.1. The zero-order valence-corrected chi connectivity index (χ0v) is 39.0. The van der Waals surface area contributed by atoms with Gasteiger partial charge in [0.25, 0.3) is 0 Å². The number of hydrogen-bond donors (Lipinski definition) is 1. The van der Waals surface area contributed by atoms with Gasteiger partial charge >= 0.3 is 5.97 Å². The van der Waals surface area contributed by atoms with Crippen LogP contribution in [0, 0.1) is 29.6 Å². The van der Waals surface area contributed by atoms with Gasteiger partial charge in [-0.25, -0.2) is 0 Å². The summed E-state index contributed by atoms with van der Waals surface area (Å²) in [6.07, 6.45) is 9.11. The Balaban J connectivity index is 1.91. The summed E-state index contributed by atoms with van der Waals surface area (Å²) in [6, 6.07) is 11.2. The van der Waals surface area contributed by atoms with Gasteiger partial charge in [-0.2, -0.15) is 0 Å². The van der Waals surface area contributed by atoms with E-state index >= 15 is 0 Å². The normalized spacial score (nSPS) is 22.0. The first-order chi connectivity index (χ1) is 23.3. The van der Waals surface area contributed by atoms with E-state index in [0.717, 1.165) is 51.4 Å². The molecule has 0 amide bonds. The highest BCUT2D eigenvalue weighted by Gasteiger charge is 2.45. The fourth-order valence-electron chi connectivity index (χ4n) is 6.59. The van der Waals surface area contributed by atoms with E-state index in [1.807, 2.05) is 11.3 Å². The van der Waals surface area contributed by atoms with E-state index in [4.69, 9.17) is 18.4 Å². The predicted octanol–water partition coefficient (Wildman–Crippen LogP) is 10.4. The van der Waals surface area contributed by atoms with Gasteiger partial charge in [0.15, 0.2) is 29.3 Å². The second kappa shape index (κ2) is 19.5. The SMILES string of the molecule is CC(C)C(C)(C)[SiH2]O[C@H]1C[C@@H](O[SiH2]C(C)(C)C(C)C)[C@H](CC[C@@H](O[SiH2]C(C)(C)C(C)C)c2cc3ccccc3s2)[C@H]1CCCCCCC(=O)O. The van der Waals surface area contributed by atoms with E-state index in [0.29, 0.717) is 29.6 Å². The Morgan fingerprint density at radius 2 is 1.30 bits per heavy atom. The minimum absolute atomic E-state index is 0.118. The third-order valence-corrected chi connectivity index (χ3v) is 20.5. The summed E-state index contributed by atoms with van der Waals surface area (Å²) in [5.74, 6) is 2.03. The Bertz CT molecular complexity index is 1270. The van der Waals surface area contributed by atoms with Crippen LogP contribution in [-0.4, -0.2) is 52.6 Å². The van der Waals surface area contributed by atoms with Crippen LogP contribution >= 0.6 is 11.3 Å². The lowest BCUT2D eigenvalue weighted by Crippen LogP contribution is -2.31. The van der Waals surface area contributed by atoms with Gasteiger partial charge in [0, 0.05) is 28.2 Å². The summed E-state index contributed by atoms with van der Waals surface area (Å²) in [7, 11) is -2.32. The van der Waals surface area contributed by atoms with Gasteiger partial charge in [0.05, 0.1) is 6.10 Å². The molecule has 1 aromatic carbocycles. The van der Waals surface area contributed by atoms with Crippen molar-refractivity contribution in [2.24, 2.45) is 29.6 Å². The fraction of sp³-hybridized carbons (Fsp3) is 0.780. The van der Waals surface area contributed by atoms with Gasteiger partial charge in [-0.15, -0.1) is 11.3 Å². The van der Waals surface area contributed by atoms with Crippen LogP contribution in [0.5, 0.6) is 0 Å². The lowest BCUT2D eigenvalue weighted by Gasteiger charge is -2.34. The molecule has 50 heavy (non-hydrogen) atoms. The summed E-state index contributed by atoms with van der Waals surface area (Å²) >= 11 is 1.91. The van der Waals surface area contributed by atoms with Crippen molar-refractivity contribution in [3.05, 3.63) is 35.2 Å². The molecule has 1 saturated carbocycles. The number of thiophene rings is 1. The van der Waals surface area contributed by atoms with Crippen molar-refractivity contribution in [2.45, 2.75) is 174 Å². The van der Waals surface area contributed by atoms with E-state index < -0.39 is 35.3 Å². The summed E-state index contributed by atoms with van der Waals surface area (Å²) < 4.78 is 22.7. The van der Waals surface area contributed by atoms with Crippen LogP contribution in [-0.2, 0) is 18.1 Å². The first-order valence-corrected chi connectivity index (χ1v) is 24.6. The highest BCUT2D eigenvalue weighted by atomic mass is 32.1. The predicted molar refractivity (Wildman–Crippen MR) is 224 cm³/mol. The minimum Gasteiger partial charge on any atom is -0.481 e. The molecule has 5 nitrogen and oxygen atoms in total. The van der Waals surface area contributed by atoms with Gasteiger partial charge in [-0.05, 0) is 94.3 Å². The number of carboxylic acid groups (broad SMARTS) is 1. The molecule has 0 spiro atoms. The van der Waals surface area contributed by atoms with Crippen LogP contribution in [0.25, 0.3) is 10.1 Å². The van der Waals surface area contributed by atoms with E-state index in [9.17, 15) is 4.79 Å². The molecule has 1 aliphatic carbocycles. The average molecular weight is 763 g/mol. The van der Waals surface area contributed by atoms with Crippen molar-refractivity contribution in [1.82, 2.24) is 0 Å². The number of benzene rings is 1. The van der Waals surface area contributed by atoms with Crippen LogP contribution in [0.2, 0.25) is 15.1 Å². The number of carbonyl (C=O) groups is 1. The number of unbranched alkanes of at least 4 members (excludes halogenated alkanes) is 3. The third-order valence-electron chi connectivity index (χ3n) is 12.9. The summed E-state index contributed by atoms with van der Waals surface area (Å²) in [6.45, 7) is 28.4. The van der Waals surface area contributed by atoms with E-state index in [1.54, 1.807) is 0 Å². The Labute approximate surface area is 317 Å². The molecule has 0 radical (unpaired) electrons. The van der Waals surface area contributed by atoms with Gasteiger partial charge in [-0.3, -0.25) is 4.79 Å². The zero-order chi connectivity index (χ0) is 37.3. The first kappa shape index (κ1) is 43.6. The molecule has 0 saturated heterocycles. The molecule has 2 aromatic rings. The van der Waals surface area contributed by atoms with Crippen molar-refractivity contribution in [3.63, 3.8) is 0 Å². The minimum atomic E-state index is -0.789. The molecule has 1 aliphatic rings. The Morgan fingerprint density at radius 3 is 1.84 bits per heavy atom. The Hall–Kier alpha value is -0.819. The molecule has 0 aliphatic heterocycles. The molecular formula is C41H74O5SSi3. The summed E-state index contributed by atoms with van der Waals surface area (Å²) in [5.41, 5.74) is 0. The Kier molecular flexibility index (Phi) is 17.0. The average Bonchev–Trinajstić information content (AvgIpc) is 3.61. The first-order valence-electron chi connectivity index (χ1n) is 19.9. The number of hydrogen-bond acceptors (Lipinski definition) is 5. The third kappa shape index (κ3) is 12.9. The van der Waals surface area contributed by atoms with Crippen molar-refractivity contribution in [2.75, 3.05) is 0 Å². The van der Waals surface area contributed by atoms with Crippen LogP contribution in [0.4, 0.5) is 0 Å². The Morgan fingerprint density at radius 1 is 0.780 bits per heavy atom. The van der Waals surface area contributed by atoms with E-state index in [2.05, 4.69) is 113 Å². The topological polar surface area (TPSA) is 65.0 Å². The molecule has 0 unspecified atom stereocenters. The maximum absolute atomic E-state index is 11.1. The fourth-order valence-corrected chi connectivity index (χ4v) is 11.9. The number of carboxylic acids is 1. The maximum Gasteiger partial charge on any atom is 0.303 e. The van der Waals surface area contributed by atoms with Crippen molar-refractivity contribution in [1.29, 1.82) is 0 Å². The quantitative estimate of drug-likeness (QED) is 0.0902. The summed E-state index contributed by atoms with van der Waals surface area (Å²) in [4.78, 5) is 12.5. The van der Waals surface area contributed by atoms with Gasteiger partial charge in [0.2, 0.25) is 0 Å². The molecule has 0 bridgehead atoms. The standard InChI is InChI=1S/C41H74O5SSi3/c1-27(2)39(7,8)48-44-33(37-25-30-19-17-18-21-36(30)47-37)24-23-32-31(20-15-13-14-16-22-38(42)43)34(45-49-40(9,10)28(3)4)26-35(32)46-50-41(11,12)29(5)6/h17-19,21,25,27-29,31-35H,13-16,20,22-24,26,48-50H2,1-12H3,(H,42,43)/t31-,32-,33-,34+,35-/m1/s1. The highest BCUT2D eigenvalue weighted by Crippen LogP contribution is 2.47. The van der Waals surface area contributed by atoms with Crippen LogP contribution in [0.15, 0.2) is 30.3 Å². The zero-order valence-electron chi connectivity index (χ0n) is 34.0. The molecule has 1 aromatic heterocycles. The molecule has 9 heteroatoms. The molecule has 1 fully saturated rings. The number of aliphatic carboxylic acids is 1. The molecule has 286 valence electrons. The monoisotopic (exact) mass is 762 g/mol. The van der Waals surface area contributed by atoms with Crippen LogP contribution in [0.1, 0.15) is 152 Å². The van der Waals surface area contributed by atoms with Crippen LogP contribution in [0.3, 0.4) is 0 Å². The largest absolute Gasteiger partial charge is 0.481 e. The highest BCUT2D eigenvalue weighted by molar-refractivity contribution is 7.19. The molecule has 1 N–H and O–H groups in total. The van der Waals surface area contributed by atoms with Crippen molar-refractivity contribution >= 4 is 56.7 Å². The molecule has 3 rings (SSSR count). The van der Waals surface area contributed by atoms with Crippen LogP contribution < -0.4 is 0 Å². The lowest BCUT2D eigenvalue weighted by atomic mass is 9.84. The second-order valence-corrected chi connectivity index (χ2v) is 27.1. The number of rotatable bonds is 23. The lowest BCUT2D eigenvalue weighted by molar-refractivity contribution is -0.137. The molecular weight excluding hydrogens is 689 g/mol. The van der Waals surface area contributed by atoms with Crippen molar-refractivity contribution < 1.29 is 23.2 Å². The molecule has 5 atom stereocenters. The number of fused-ring (bicyclic) bond motifs is 1. The van der Waals surface area contributed by atoms with E-state index in [-0.39, 0.29) is 39.8 Å². The smallest absolute Gasteiger partial charge is 0.303 e. The second-order valence-electron chi connectivity index (χ2n) is 18.6. The van der Waals surface area contributed by atoms with Gasteiger partial charge < -0.3 is 18.4 Å². The van der Waals surface area contributed by atoms with Gasteiger partial charge in [-0.1, -0.05) is 121 Å². The van der Waals surface area contributed by atoms with E-state index in [1.165, 1.54) is 15.0 Å².